The molecule has 51 heavy (non-hydrogen) atoms. The number of methoxy groups -OCH3 is 3. The van der Waals surface area contributed by atoms with Crippen LogP contribution in [0.1, 0.15) is 23.6 Å². The summed E-state index contributed by atoms with van der Waals surface area (Å²) in [6.45, 7) is 0. The normalized spacial score (nSPS) is 12.8. The molecule has 0 spiro atoms. The first-order valence-corrected chi connectivity index (χ1v) is 16.1. The van der Waals surface area contributed by atoms with Crippen LogP contribution < -0.4 is 19.9 Å². The van der Waals surface area contributed by atoms with Gasteiger partial charge >= 0.3 is 19.5 Å². The number of aromatic nitrogens is 4. The molecule has 0 saturated heterocycles. The smallest absolute Gasteiger partial charge is 0.493 e. The van der Waals surface area contributed by atoms with Crippen LogP contribution in [-0.2, 0) is 19.5 Å². The van der Waals surface area contributed by atoms with Crippen LogP contribution >= 0.6 is 12.2 Å². The number of nitrogens with two attached hydrogens (primary N) is 1. The summed E-state index contributed by atoms with van der Waals surface area (Å²) in [5.41, 5.74) is 12.5. The van der Waals surface area contributed by atoms with Crippen molar-refractivity contribution in [2.24, 2.45) is 10.8 Å². The van der Waals surface area contributed by atoms with E-state index in [-0.39, 0.29) is 30.6 Å². The van der Waals surface area contributed by atoms with Gasteiger partial charge in [-0.1, -0.05) is 54.6 Å². The summed E-state index contributed by atoms with van der Waals surface area (Å²) in [5.74, 6) is 1.71. The maximum absolute atomic E-state index is 5.93. The Morgan fingerprint density at radius 1 is 0.627 bits per heavy atom. The number of ether oxygens (including phenoxy) is 3. The van der Waals surface area contributed by atoms with Gasteiger partial charge in [0.2, 0.25) is 5.75 Å². The molecule has 4 aromatic heterocycles. The van der Waals surface area contributed by atoms with Gasteiger partial charge in [-0.3, -0.25) is 19.9 Å². The summed E-state index contributed by atoms with van der Waals surface area (Å²) in [5, 5.41) is 6.52. The van der Waals surface area contributed by atoms with Crippen LogP contribution in [-0.4, -0.2) is 57.1 Å². The Kier molecular flexibility index (Phi) is 14.7. The summed E-state index contributed by atoms with van der Waals surface area (Å²) in [7, 11) is 4.76. The molecule has 6 aromatic rings. The van der Waals surface area contributed by atoms with Gasteiger partial charge < -0.3 is 19.9 Å². The summed E-state index contributed by atoms with van der Waals surface area (Å²) in [6, 6.07) is 36.8. The molecule has 2 N–H and O–H groups in total. The fourth-order valence-electron chi connectivity index (χ4n) is 5.13. The first-order valence-electron chi connectivity index (χ1n) is 15.7. The van der Waals surface area contributed by atoms with E-state index in [2.05, 4.69) is 25.0 Å². The molecule has 0 amide bonds. The zero-order valence-corrected chi connectivity index (χ0v) is 30.9. The second kappa shape index (κ2) is 19.6. The molecule has 0 saturated carbocycles. The predicted molar refractivity (Wildman–Crippen MR) is 200 cm³/mol. The second-order valence-electron chi connectivity index (χ2n) is 10.6. The number of rotatable bonds is 7. The van der Waals surface area contributed by atoms with Crippen LogP contribution in [0.15, 0.2) is 145 Å². The van der Waals surface area contributed by atoms with Crippen molar-refractivity contribution in [2.75, 3.05) is 21.3 Å². The molecule has 5 heterocycles. The average Bonchev–Trinajstić information content (AvgIpc) is 3.66. The van der Waals surface area contributed by atoms with Gasteiger partial charge in [0.15, 0.2) is 16.6 Å². The summed E-state index contributed by atoms with van der Waals surface area (Å²) < 4.78 is 16.3. The topological polar surface area (TPSA) is 121 Å². The van der Waals surface area contributed by atoms with Gasteiger partial charge in [-0.05, 0) is 84.0 Å². The molecule has 1 atom stereocenters. The first-order chi connectivity index (χ1) is 24.5. The molecule has 2 aromatic carbocycles. The van der Waals surface area contributed by atoms with E-state index in [1.165, 1.54) is 0 Å². The van der Waals surface area contributed by atoms with E-state index >= 15 is 0 Å². The van der Waals surface area contributed by atoms with E-state index in [4.69, 9.17) is 32.2 Å². The minimum atomic E-state index is -0.142. The van der Waals surface area contributed by atoms with Crippen molar-refractivity contribution in [3.05, 3.63) is 151 Å². The van der Waals surface area contributed by atoms with Gasteiger partial charge in [-0.2, -0.15) is 5.10 Å². The van der Waals surface area contributed by atoms with Crippen LogP contribution in [0, 0.1) is 0 Å². The molecule has 12 heteroatoms. The Labute approximate surface area is 316 Å². The van der Waals surface area contributed by atoms with Crippen molar-refractivity contribution in [1.82, 2.24) is 24.9 Å². The molecular formula is C39H37N7O3RuS+2. The fraction of sp³-hybridized carbons (Fsp3) is 0.128. The maximum atomic E-state index is 5.93. The Morgan fingerprint density at radius 2 is 1.04 bits per heavy atom. The quantitative estimate of drug-likeness (QED) is 0.130. The van der Waals surface area contributed by atoms with E-state index in [0.717, 1.165) is 39.6 Å². The molecule has 10 nitrogen and oxygen atoms in total. The standard InChI is InChI=1S/C19H21N3O3S.2C10H8N2.Ru/c1-23-16-9-13(10-17(24-2)18(16)25-3)15-11-14(21-22(15)19(20)26)12-7-5-4-6-8-12;2*1-3-7-11-9(5-1)10-6-2-4-8-12-10;/h4-10,15H,11H2,1-3H3,(H2,20,26);2*1-8H;/q;;;+2. The van der Waals surface area contributed by atoms with Crippen molar-refractivity contribution >= 4 is 23.0 Å². The molecule has 7 rings (SSSR count). The second-order valence-corrected chi connectivity index (χ2v) is 11.1. The van der Waals surface area contributed by atoms with Crippen LogP contribution in [0.25, 0.3) is 22.8 Å². The first kappa shape index (κ1) is 38.2. The molecule has 0 aliphatic carbocycles. The Morgan fingerprint density at radius 3 is 1.37 bits per heavy atom. The number of hydrogen-bond acceptors (Lipinski definition) is 9. The van der Waals surface area contributed by atoms with Crippen LogP contribution in [0.4, 0.5) is 0 Å². The summed E-state index contributed by atoms with van der Waals surface area (Å²) in [4.78, 5) is 16.7. The number of hydrazone groups is 1. The molecule has 258 valence electrons. The van der Waals surface area contributed by atoms with Crippen molar-refractivity contribution in [2.45, 2.75) is 12.5 Å². The third-order valence-corrected chi connectivity index (χ3v) is 7.69. The van der Waals surface area contributed by atoms with Crippen molar-refractivity contribution in [3.8, 4) is 40.0 Å². The zero-order valence-electron chi connectivity index (χ0n) is 28.3. The van der Waals surface area contributed by atoms with Gasteiger partial charge in [0.25, 0.3) is 0 Å². The molecule has 1 unspecified atom stereocenters. The van der Waals surface area contributed by atoms with Crippen LogP contribution in [0.3, 0.4) is 0 Å². The number of thiocarbonyl (C=S) groups is 1. The Bertz CT molecular complexity index is 1800. The molecule has 0 radical (unpaired) electrons. The monoisotopic (exact) mass is 785 g/mol. The van der Waals surface area contributed by atoms with Crippen LogP contribution in [0.5, 0.6) is 17.2 Å². The average molecular weight is 785 g/mol. The van der Waals surface area contributed by atoms with Crippen molar-refractivity contribution in [3.63, 3.8) is 0 Å². The van der Waals surface area contributed by atoms with Gasteiger partial charge in [0.1, 0.15) is 0 Å². The third kappa shape index (κ3) is 10.2. The van der Waals surface area contributed by atoms with Crippen molar-refractivity contribution < 1.29 is 33.7 Å². The minimum Gasteiger partial charge on any atom is -0.493 e. The van der Waals surface area contributed by atoms with E-state index in [1.54, 1.807) is 51.1 Å². The third-order valence-electron chi connectivity index (χ3n) is 7.50. The van der Waals surface area contributed by atoms with Crippen LogP contribution in [0.2, 0.25) is 0 Å². The summed E-state index contributed by atoms with van der Waals surface area (Å²) >= 11 is 5.22. The fourth-order valence-corrected chi connectivity index (χ4v) is 5.30. The molecule has 0 fully saturated rings. The van der Waals surface area contributed by atoms with Gasteiger partial charge in [-0.25, -0.2) is 5.01 Å². The van der Waals surface area contributed by atoms with E-state index in [9.17, 15) is 0 Å². The van der Waals surface area contributed by atoms with Crippen molar-refractivity contribution in [1.29, 1.82) is 0 Å². The largest absolute Gasteiger partial charge is 2.00 e. The van der Waals surface area contributed by atoms with Gasteiger partial charge in [0, 0.05) is 31.2 Å². The molecule has 1 aliphatic rings. The van der Waals surface area contributed by atoms with Gasteiger partial charge in [-0.15, -0.1) is 0 Å². The Hall–Kier alpha value is -5.58. The number of pyridine rings is 4. The van der Waals surface area contributed by atoms with Gasteiger partial charge in [0.05, 0.1) is 55.9 Å². The predicted octanol–water partition coefficient (Wildman–Crippen LogP) is 7.39. The maximum Gasteiger partial charge on any atom is 2.00 e. The zero-order chi connectivity index (χ0) is 35.1. The number of nitrogens with zero attached hydrogens (tertiary/aromatic N) is 6. The number of benzene rings is 2. The minimum absolute atomic E-state index is 0. The molecular weight excluding hydrogens is 748 g/mol. The van der Waals surface area contributed by atoms with E-state index in [1.807, 2.05) is 115 Å². The van der Waals surface area contributed by atoms with E-state index in [0.29, 0.717) is 23.7 Å². The SMILES string of the molecule is COc1cc(C2CC(c3ccccc3)=NN2C(N)=S)cc(OC)c1OC.[Ru+2].c1ccc(-c2ccccn2)nc1.c1ccc(-c2ccccn2)nc1. The molecule has 0 bridgehead atoms. The summed E-state index contributed by atoms with van der Waals surface area (Å²) in [6.07, 6.45) is 7.74. The Balaban J connectivity index is 0.000000193. The molecule has 1 aliphatic heterocycles. The van der Waals surface area contributed by atoms with E-state index < -0.39 is 0 Å². The number of hydrogen-bond donors (Lipinski definition) is 1.